The van der Waals surface area contributed by atoms with Gasteiger partial charge in [-0.2, -0.15) is 0 Å². The lowest BCUT2D eigenvalue weighted by Gasteiger charge is -2.38. The molecule has 0 radical (unpaired) electrons. The highest BCUT2D eigenvalue weighted by Gasteiger charge is 2.33. The van der Waals surface area contributed by atoms with E-state index in [4.69, 9.17) is 4.98 Å². The van der Waals surface area contributed by atoms with Crippen molar-refractivity contribution in [2.75, 3.05) is 18.5 Å². The van der Waals surface area contributed by atoms with Crippen molar-refractivity contribution in [1.29, 1.82) is 0 Å². The largest absolute Gasteiger partial charge is 0.327 e. The molecule has 154 valence electrons. The highest BCUT2D eigenvalue weighted by atomic mass is 15.4. The van der Waals surface area contributed by atoms with Crippen molar-refractivity contribution in [2.45, 2.75) is 33.2 Å². The second kappa shape index (κ2) is 8.23. The predicted molar refractivity (Wildman–Crippen MR) is 126 cm³/mol. The van der Waals surface area contributed by atoms with Gasteiger partial charge < -0.3 is 14.4 Å². The summed E-state index contributed by atoms with van der Waals surface area (Å²) < 4.78 is 2.33. The van der Waals surface area contributed by atoms with Gasteiger partial charge in [-0.05, 0) is 24.0 Å². The number of nitrogens with zero attached hydrogens (tertiary/aromatic N) is 4. The number of hydrogen-bond acceptors (Lipinski definition) is 3. The second-order valence-corrected chi connectivity index (χ2v) is 7.76. The Morgan fingerprint density at radius 2 is 1.63 bits per heavy atom. The van der Waals surface area contributed by atoms with Crippen LogP contribution in [0, 0.1) is 0 Å². The lowest BCUT2D eigenvalue weighted by atomic mass is 10.0. The van der Waals surface area contributed by atoms with E-state index in [0.29, 0.717) is 0 Å². The van der Waals surface area contributed by atoms with Gasteiger partial charge in [-0.25, -0.2) is 4.98 Å². The number of aryl methyl sites for hydroxylation is 1. The van der Waals surface area contributed by atoms with Gasteiger partial charge in [0.05, 0.1) is 5.70 Å². The standard InChI is InChI=1S/C26H30N4/c1-6-17-29-19(3)24-26(28(5)20(29)4)27-25(23-16-12-11-15-22(23)7-2)30(24)18-21-13-9-8-10-14-21/h8-16H,3-4,6-7,17-18H2,1-2,5H3. The Balaban J connectivity index is 1.95. The van der Waals surface area contributed by atoms with Crippen molar-refractivity contribution in [3.8, 4) is 11.4 Å². The molecule has 1 aliphatic rings. The average Bonchev–Trinajstić information content (AvgIpc) is 3.15. The molecule has 2 aromatic carbocycles. The fourth-order valence-electron chi connectivity index (χ4n) is 4.21. The summed E-state index contributed by atoms with van der Waals surface area (Å²) in [6, 6.07) is 19.1. The number of benzene rings is 2. The maximum atomic E-state index is 5.14. The smallest absolute Gasteiger partial charge is 0.162 e. The molecule has 0 bridgehead atoms. The maximum Gasteiger partial charge on any atom is 0.162 e. The lowest BCUT2D eigenvalue weighted by Crippen LogP contribution is -2.37. The van der Waals surface area contributed by atoms with Crippen molar-refractivity contribution in [1.82, 2.24) is 14.5 Å². The molecule has 4 nitrogen and oxygen atoms in total. The fourth-order valence-corrected chi connectivity index (χ4v) is 4.21. The molecule has 0 unspecified atom stereocenters. The van der Waals surface area contributed by atoms with Gasteiger partial charge in [0, 0.05) is 25.7 Å². The van der Waals surface area contributed by atoms with Crippen LogP contribution in [-0.4, -0.2) is 28.0 Å². The summed E-state index contributed by atoms with van der Waals surface area (Å²) in [5.41, 5.74) is 5.77. The molecule has 0 saturated heterocycles. The molecule has 0 atom stereocenters. The van der Waals surface area contributed by atoms with Crippen LogP contribution < -0.4 is 4.90 Å². The van der Waals surface area contributed by atoms with Gasteiger partial charge >= 0.3 is 0 Å². The molecule has 0 N–H and O–H groups in total. The summed E-state index contributed by atoms with van der Waals surface area (Å²) in [5, 5.41) is 0. The molecule has 0 saturated carbocycles. The Kier molecular flexibility index (Phi) is 5.49. The summed E-state index contributed by atoms with van der Waals surface area (Å²) in [5.74, 6) is 2.84. The monoisotopic (exact) mass is 398 g/mol. The minimum absolute atomic E-state index is 0.746. The van der Waals surface area contributed by atoms with E-state index in [9.17, 15) is 0 Å². The molecule has 0 aliphatic carbocycles. The summed E-state index contributed by atoms with van der Waals surface area (Å²) in [4.78, 5) is 9.45. The topological polar surface area (TPSA) is 24.3 Å². The van der Waals surface area contributed by atoms with Crippen LogP contribution in [0.15, 0.2) is 73.6 Å². The van der Waals surface area contributed by atoms with E-state index in [1.807, 2.05) is 7.05 Å². The molecule has 4 heteroatoms. The van der Waals surface area contributed by atoms with Crippen LogP contribution in [-0.2, 0) is 13.0 Å². The number of anilines is 1. The van der Waals surface area contributed by atoms with Crippen LogP contribution >= 0.6 is 0 Å². The summed E-state index contributed by atoms with van der Waals surface area (Å²) in [7, 11) is 2.05. The van der Waals surface area contributed by atoms with Crippen LogP contribution in [0.5, 0.6) is 0 Å². The normalized spacial score (nSPS) is 13.7. The third-order valence-corrected chi connectivity index (χ3v) is 5.83. The van der Waals surface area contributed by atoms with Gasteiger partial charge in [0.25, 0.3) is 0 Å². The van der Waals surface area contributed by atoms with E-state index in [0.717, 1.165) is 54.8 Å². The van der Waals surface area contributed by atoms with E-state index in [-0.39, 0.29) is 0 Å². The Labute approximate surface area is 179 Å². The maximum absolute atomic E-state index is 5.14. The summed E-state index contributed by atoms with van der Waals surface area (Å²) in [6.07, 6.45) is 1.99. The zero-order valence-electron chi connectivity index (χ0n) is 18.2. The van der Waals surface area contributed by atoms with Crippen LogP contribution in [0.2, 0.25) is 0 Å². The highest BCUT2D eigenvalue weighted by Crippen LogP contribution is 2.41. The zero-order valence-corrected chi connectivity index (χ0v) is 18.2. The number of hydrogen-bond donors (Lipinski definition) is 0. The molecular weight excluding hydrogens is 368 g/mol. The first-order valence-corrected chi connectivity index (χ1v) is 10.7. The van der Waals surface area contributed by atoms with Crippen molar-refractivity contribution in [3.05, 3.63) is 90.4 Å². The molecule has 0 fully saturated rings. The van der Waals surface area contributed by atoms with E-state index < -0.39 is 0 Å². The van der Waals surface area contributed by atoms with Crippen molar-refractivity contribution in [2.24, 2.45) is 0 Å². The van der Waals surface area contributed by atoms with Crippen LogP contribution in [0.4, 0.5) is 5.82 Å². The number of imidazole rings is 1. The minimum Gasteiger partial charge on any atom is -0.327 e. The van der Waals surface area contributed by atoms with Crippen LogP contribution in [0.25, 0.3) is 17.1 Å². The first-order chi connectivity index (χ1) is 14.6. The Morgan fingerprint density at radius 3 is 2.33 bits per heavy atom. The van der Waals surface area contributed by atoms with Gasteiger partial charge in [0.15, 0.2) is 5.82 Å². The first kappa shape index (κ1) is 20.0. The fraction of sp³-hybridized carbons (Fsp3) is 0.269. The van der Waals surface area contributed by atoms with E-state index in [2.05, 4.69) is 96.0 Å². The van der Waals surface area contributed by atoms with Gasteiger partial charge in [0.2, 0.25) is 0 Å². The number of fused-ring (bicyclic) bond motifs is 1. The molecule has 0 spiro atoms. The summed E-state index contributed by atoms with van der Waals surface area (Å²) >= 11 is 0. The molecule has 4 rings (SSSR count). The van der Waals surface area contributed by atoms with Gasteiger partial charge in [-0.15, -0.1) is 0 Å². The number of rotatable bonds is 6. The van der Waals surface area contributed by atoms with E-state index in [1.54, 1.807) is 0 Å². The van der Waals surface area contributed by atoms with Crippen LogP contribution in [0.1, 0.15) is 37.1 Å². The molecule has 1 aromatic heterocycles. The highest BCUT2D eigenvalue weighted by molar-refractivity contribution is 5.80. The van der Waals surface area contributed by atoms with Crippen molar-refractivity contribution < 1.29 is 0 Å². The molecule has 3 aromatic rings. The Bertz CT molecular complexity index is 1080. The molecule has 0 amide bonds. The third-order valence-electron chi connectivity index (χ3n) is 5.83. The quantitative estimate of drug-likeness (QED) is 0.527. The summed E-state index contributed by atoms with van der Waals surface area (Å²) in [6.45, 7) is 14.8. The Morgan fingerprint density at radius 1 is 0.933 bits per heavy atom. The minimum atomic E-state index is 0.746. The van der Waals surface area contributed by atoms with Gasteiger partial charge in [-0.3, -0.25) is 0 Å². The number of aromatic nitrogens is 2. The third kappa shape index (κ3) is 3.32. The van der Waals surface area contributed by atoms with Gasteiger partial charge in [0.1, 0.15) is 17.3 Å². The van der Waals surface area contributed by atoms with Crippen LogP contribution in [0.3, 0.4) is 0 Å². The lowest BCUT2D eigenvalue weighted by molar-refractivity contribution is 0.461. The van der Waals surface area contributed by atoms with Gasteiger partial charge in [-0.1, -0.05) is 81.6 Å². The van der Waals surface area contributed by atoms with E-state index in [1.165, 1.54) is 16.7 Å². The van der Waals surface area contributed by atoms with Crippen molar-refractivity contribution in [3.63, 3.8) is 0 Å². The molecule has 2 heterocycles. The molecular formula is C26H30N4. The predicted octanol–water partition coefficient (Wildman–Crippen LogP) is 5.76. The zero-order chi connectivity index (χ0) is 21.3. The Hall–Kier alpha value is -3.27. The second-order valence-electron chi connectivity index (χ2n) is 7.76. The SMILES string of the molecule is C=C1c2c(nc(-c3ccccc3CC)n2Cc2ccccc2)N(C)C(=C)N1CCC. The van der Waals surface area contributed by atoms with Crippen molar-refractivity contribution >= 4 is 11.5 Å². The molecule has 1 aliphatic heterocycles. The average molecular weight is 399 g/mol. The molecule has 30 heavy (non-hydrogen) atoms. The van der Waals surface area contributed by atoms with E-state index >= 15 is 0 Å². The first-order valence-electron chi connectivity index (χ1n) is 10.7.